The lowest BCUT2D eigenvalue weighted by Crippen LogP contribution is -2.14. The zero-order valence-electron chi connectivity index (χ0n) is 14.9. The lowest BCUT2D eigenvalue weighted by atomic mass is 9.78. The molecule has 0 bridgehead atoms. The minimum atomic E-state index is 0.900. The Morgan fingerprint density at radius 3 is 1.86 bits per heavy atom. The van der Waals surface area contributed by atoms with E-state index in [1.165, 1.54) is 83.5 Å². The summed E-state index contributed by atoms with van der Waals surface area (Å²) < 4.78 is 0. The molecule has 0 aliphatic heterocycles. The summed E-state index contributed by atoms with van der Waals surface area (Å²) in [5, 5.41) is 0. The second-order valence-corrected chi connectivity index (χ2v) is 7.95. The lowest BCUT2D eigenvalue weighted by Gasteiger charge is -2.28. The van der Waals surface area contributed by atoms with Crippen LogP contribution in [0, 0.1) is 23.7 Å². The molecule has 2 aliphatic carbocycles. The van der Waals surface area contributed by atoms with Crippen LogP contribution in [0.15, 0.2) is 24.8 Å². The third kappa shape index (κ3) is 6.31. The molecular formula is C22H38. The highest BCUT2D eigenvalue weighted by atomic mass is 14.3. The van der Waals surface area contributed by atoms with Crippen molar-refractivity contribution in [2.45, 2.75) is 90.4 Å². The molecule has 126 valence electrons. The topological polar surface area (TPSA) is 0 Å². The molecule has 2 aliphatic rings. The van der Waals surface area contributed by atoms with Crippen molar-refractivity contribution >= 4 is 0 Å². The molecule has 2 fully saturated rings. The van der Waals surface area contributed by atoms with Gasteiger partial charge in [-0.25, -0.2) is 0 Å². The monoisotopic (exact) mass is 302 g/mol. The van der Waals surface area contributed by atoms with Crippen LogP contribution in [0.3, 0.4) is 0 Å². The molecule has 0 aromatic carbocycles. The Bertz CT molecular complexity index is 311. The summed E-state index contributed by atoms with van der Waals surface area (Å²) in [6, 6.07) is 0. The van der Waals surface area contributed by atoms with E-state index in [9.17, 15) is 0 Å². The predicted molar refractivity (Wildman–Crippen MR) is 99.0 cm³/mol. The van der Waals surface area contributed by atoms with Gasteiger partial charge in [0, 0.05) is 0 Å². The Morgan fingerprint density at radius 1 is 0.773 bits per heavy atom. The van der Waals surface area contributed by atoms with Crippen molar-refractivity contribution in [3.8, 4) is 0 Å². The third-order valence-electron chi connectivity index (χ3n) is 6.36. The Balaban J connectivity index is 1.54. The largest absolute Gasteiger partial charge is 0.103 e. The molecule has 2 saturated carbocycles. The van der Waals surface area contributed by atoms with Crippen molar-refractivity contribution in [1.29, 1.82) is 0 Å². The van der Waals surface area contributed by atoms with E-state index < -0.39 is 0 Å². The highest BCUT2D eigenvalue weighted by molar-refractivity contribution is 4.91. The predicted octanol–water partition coefficient (Wildman–Crippen LogP) is 7.31. The first-order valence-corrected chi connectivity index (χ1v) is 10.1. The first-order valence-electron chi connectivity index (χ1n) is 10.1. The van der Waals surface area contributed by atoms with Crippen LogP contribution in [0.25, 0.3) is 0 Å². The van der Waals surface area contributed by atoms with Crippen molar-refractivity contribution < 1.29 is 0 Å². The van der Waals surface area contributed by atoms with Crippen LogP contribution in [0.1, 0.15) is 90.4 Å². The summed E-state index contributed by atoms with van der Waals surface area (Å²) in [7, 11) is 0. The molecule has 0 aromatic heterocycles. The van der Waals surface area contributed by atoms with Crippen LogP contribution < -0.4 is 0 Å². The molecule has 0 atom stereocenters. The Kier molecular flexibility index (Phi) is 8.34. The maximum Gasteiger partial charge on any atom is -0.0233 e. The maximum absolute atomic E-state index is 3.85. The van der Waals surface area contributed by atoms with Crippen molar-refractivity contribution in [3.63, 3.8) is 0 Å². The summed E-state index contributed by atoms with van der Waals surface area (Å²) in [5.41, 5.74) is 0. The molecule has 22 heavy (non-hydrogen) atoms. The molecule has 0 unspecified atom stereocenters. The van der Waals surface area contributed by atoms with Crippen molar-refractivity contribution in [3.05, 3.63) is 24.8 Å². The number of hydrogen-bond acceptors (Lipinski definition) is 0. The molecule has 0 aromatic rings. The van der Waals surface area contributed by atoms with Gasteiger partial charge in [0.2, 0.25) is 0 Å². The quantitative estimate of drug-likeness (QED) is 0.412. The molecule has 0 nitrogen and oxygen atoms in total. The van der Waals surface area contributed by atoms with Gasteiger partial charge in [0.15, 0.2) is 0 Å². The second-order valence-electron chi connectivity index (χ2n) is 7.95. The molecule has 0 amide bonds. The van der Waals surface area contributed by atoms with Gasteiger partial charge in [0.25, 0.3) is 0 Å². The molecule has 0 radical (unpaired) electrons. The smallest absolute Gasteiger partial charge is 0.0233 e. The minimum Gasteiger partial charge on any atom is -0.103 e. The zero-order chi connectivity index (χ0) is 15.6. The molecule has 0 N–H and O–H groups in total. The van der Waals surface area contributed by atoms with E-state index in [2.05, 4.69) is 31.7 Å². The molecular weight excluding hydrogens is 264 g/mol. The van der Waals surface area contributed by atoms with E-state index >= 15 is 0 Å². The summed E-state index contributed by atoms with van der Waals surface area (Å²) >= 11 is 0. The summed E-state index contributed by atoms with van der Waals surface area (Å²) in [4.78, 5) is 0. The second kappa shape index (κ2) is 10.3. The minimum absolute atomic E-state index is 0.900. The normalized spacial score (nSPS) is 33.1. The van der Waals surface area contributed by atoms with Crippen LogP contribution >= 0.6 is 0 Å². The van der Waals surface area contributed by atoms with Gasteiger partial charge in [-0.05, 0) is 75.0 Å². The van der Waals surface area contributed by atoms with Crippen molar-refractivity contribution in [2.75, 3.05) is 0 Å². The summed E-state index contributed by atoms with van der Waals surface area (Å²) in [5.74, 6) is 3.94. The van der Waals surface area contributed by atoms with Crippen LogP contribution in [0.2, 0.25) is 0 Å². The van der Waals surface area contributed by atoms with Crippen molar-refractivity contribution in [2.24, 2.45) is 23.7 Å². The SMILES string of the molecule is C=CCC[C@H]1CC[C@H](CC/C=C/[C@H]2CC[C@H](CC)CC2)CC1. The van der Waals surface area contributed by atoms with Gasteiger partial charge in [-0.3, -0.25) is 0 Å². The molecule has 0 heterocycles. The number of allylic oxidation sites excluding steroid dienone is 3. The maximum atomic E-state index is 3.85. The fourth-order valence-corrected chi connectivity index (χ4v) is 4.57. The highest BCUT2D eigenvalue weighted by Crippen LogP contribution is 2.34. The average molecular weight is 303 g/mol. The Hall–Kier alpha value is -0.520. The van der Waals surface area contributed by atoms with E-state index in [4.69, 9.17) is 0 Å². The van der Waals surface area contributed by atoms with Crippen molar-refractivity contribution in [1.82, 2.24) is 0 Å². The standard InChI is InChI=1S/C22H38/c1-3-5-8-20-15-17-22(18-16-20)10-7-6-9-21-13-11-19(4-2)12-14-21/h3,6,9,19-22H,1,4-5,7-8,10-18H2,2H3/b9-6+/t19-,20-,21-,22-. The van der Waals surface area contributed by atoms with Gasteiger partial charge in [0.1, 0.15) is 0 Å². The summed E-state index contributed by atoms with van der Waals surface area (Å²) in [6.07, 6.45) is 25.7. The van der Waals surface area contributed by atoms with Gasteiger partial charge in [-0.1, -0.05) is 57.3 Å². The molecule has 0 heteroatoms. The highest BCUT2D eigenvalue weighted by Gasteiger charge is 2.20. The Labute approximate surface area is 139 Å². The molecule has 2 rings (SSSR count). The van der Waals surface area contributed by atoms with E-state index in [1.807, 2.05) is 0 Å². The number of hydrogen-bond donors (Lipinski definition) is 0. The fraction of sp³-hybridized carbons (Fsp3) is 0.818. The van der Waals surface area contributed by atoms with Gasteiger partial charge < -0.3 is 0 Å². The zero-order valence-corrected chi connectivity index (χ0v) is 14.9. The van der Waals surface area contributed by atoms with E-state index in [0.717, 1.165) is 23.7 Å². The first kappa shape index (κ1) is 17.8. The van der Waals surface area contributed by atoms with Gasteiger partial charge >= 0.3 is 0 Å². The van der Waals surface area contributed by atoms with Gasteiger partial charge in [-0.2, -0.15) is 0 Å². The lowest BCUT2D eigenvalue weighted by molar-refractivity contribution is 0.255. The van der Waals surface area contributed by atoms with Crippen LogP contribution in [0.4, 0.5) is 0 Å². The van der Waals surface area contributed by atoms with E-state index in [0.29, 0.717) is 0 Å². The molecule has 0 saturated heterocycles. The Morgan fingerprint density at radius 2 is 1.32 bits per heavy atom. The summed E-state index contributed by atoms with van der Waals surface area (Å²) in [6.45, 7) is 6.20. The van der Waals surface area contributed by atoms with Gasteiger partial charge in [-0.15, -0.1) is 6.58 Å². The average Bonchev–Trinajstić information content (AvgIpc) is 2.58. The molecule has 0 spiro atoms. The van der Waals surface area contributed by atoms with Crippen LogP contribution in [-0.4, -0.2) is 0 Å². The van der Waals surface area contributed by atoms with Gasteiger partial charge in [0.05, 0.1) is 0 Å². The van der Waals surface area contributed by atoms with Crippen LogP contribution in [0.5, 0.6) is 0 Å². The van der Waals surface area contributed by atoms with E-state index in [-0.39, 0.29) is 0 Å². The number of rotatable bonds is 8. The first-order chi connectivity index (χ1) is 10.8. The fourth-order valence-electron chi connectivity index (χ4n) is 4.57. The third-order valence-corrected chi connectivity index (χ3v) is 6.36. The van der Waals surface area contributed by atoms with Crippen LogP contribution in [-0.2, 0) is 0 Å². The van der Waals surface area contributed by atoms with E-state index in [1.54, 1.807) is 0 Å².